The number of hydrogen-bond donors (Lipinski definition) is 0. The summed E-state index contributed by atoms with van der Waals surface area (Å²) in [7, 11) is 3.04. The van der Waals surface area contributed by atoms with E-state index in [1.54, 1.807) is 29.4 Å². The summed E-state index contributed by atoms with van der Waals surface area (Å²) in [5.41, 5.74) is 0.136. The third-order valence-electron chi connectivity index (χ3n) is 6.67. The summed E-state index contributed by atoms with van der Waals surface area (Å²) in [5.74, 6) is 0. The SMILES string of the molecule is Cn1cc(B2OC(C)(C)C(C)(C)O2)c2ccccc2c1=O.Cn1cc(Br)c2ccccc2c1=O.[CH3-].[SH-]. The van der Waals surface area contributed by atoms with E-state index in [2.05, 4.69) is 15.9 Å². The lowest BCUT2D eigenvalue weighted by atomic mass is 9.77. The van der Waals surface area contributed by atoms with Crippen LogP contribution in [0, 0.1) is 7.43 Å². The van der Waals surface area contributed by atoms with Crippen LogP contribution in [0.2, 0.25) is 0 Å². The summed E-state index contributed by atoms with van der Waals surface area (Å²) < 4.78 is 16.3. The van der Waals surface area contributed by atoms with Crippen molar-refractivity contribution in [2.24, 2.45) is 14.1 Å². The average molecular weight is 571 g/mol. The minimum Gasteiger partial charge on any atom is -0.813 e. The molecule has 0 unspecified atom stereocenters. The zero-order valence-corrected chi connectivity index (χ0v) is 24.2. The molecule has 1 fully saturated rings. The number of aryl methyl sites for hydroxylation is 2. The van der Waals surface area contributed by atoms with Gasteiger partial charge in [-0.05, 0) is 61.1 Å². The maximum Gasteiger partial charge on any atom is 0.496 e. The van der Waals surface area contributed by atoms with Crippen LogP contribution in [-0.2, 0) is 36.9 Å². The molecule has 0 amide bonds. The molecule has 3 heterocycles. The van der Waals surface area contributed by atoms with E-state index in [0.717, 1.165) is 26.1 Å². The molecule has 0 aliphatic carbocycles. The minimum atomic E-state index is -0.466. The van der Waals surface area contributed by atoms with Gasteiger partial charge in [-0.25, -0.2) is 0 Å². The van der Waals surface area contributed by atoms with Crippen LogP contribution < -0.4 is 16.6 Å². The Hall–Kier alpha value is -2.33. The van der Waals surface area contributed by atoms with Crippen molar-refractivity contribution in [2.75, 3.05) is 0 Å². The van der Waals surface area contributed by atoms with E-state index in [0.29, 0.717) is 5.39 Å². The van der Waals surface area contributed by atoms with Crippen molar-refractivity contribution in [1.29, 1.82) is 0 Å². The zero-order valence-electron chi connectivity index (χ0n) is 21.7. The van der Waals surface area contributed by atoms with Crippen LogP contribution in [-0.4, -0.2) is 27.5 Å². The minimum absolute atomic E-state index is 0. The van der Waals surface area contributed by atoms with Crippen LogP contribution >= 0.6 is 15.9 Å². The summed E-state index contributed by atoms with van der Waals surface area (Å²) >= 11 is 3.42. The molecule has 0 atom stereocenters. The van der Waals surface area contributed by atoms with Crippen LogP contribution in [0.4, 0.5) is 0 Å². The first-order valence-corrected chi connectivity index (χ1v) is 11.9. The fourth-order valence-electron chi connectivity index (χ4n) is 3.97. The number of halogens is 1. The summed E-state index contributed by atoms with van der Waals surface area (Å²) in [6, 6.07) is 15.1. The van der Waals surface area contributed by atoms with Crippen molar-refractivity contribution in [1.82, 2.24) is 9.13 Å². The number of aromatic nitrogens is 2. The van der Waals surface area contributed by atoms with Gasteiger partial charge in [-0.1, -0.05) is 36.4 Å². The number of thiol groups is 1. The topological polar surface area (TPSA) is 62.5 Å². The summed E-state index contributed by atoms with van der Waals surface area (Å²) in [4.78, 5) is 23.9. The van der Waals surface area contributed by atoms with Crippen LogP contribution in [0.5, 0.6) is 0 Å². The molecular weight excluding hydrogens is 539 g/mol. The van der Waals surface area contributed by atoms with Gasteiger partial charge in [0, 0.05) is 52.6 Å². The molecule has 1 aliphatic rings. The number of pyridine rings is 2. The lowest BCUT2D eigenvalue weighted by molar-refractivity contribution is 0.00578. The van der Waals surface area contributed by atoms with E-state index in [9.17, 15) is 9.59 Å². The van der Waals surface area contributed by atoms with Crippen molar-refractivity contribution >= 4 is 63.6 Å². The number of nitrogens with zero attached hydrogens (tertiary/aromatic N) is 2. The van der Waals surface area contributed by atoms with E-state index in [1.165, 1.54) is 0 Å². The van der Waals surface area contributed by atoms with Crippen LogP contribution in [0.3, 0.4) is 0 Å². The highest BCUT2D eigenvalue weighted by atomic mass is 79.9. The predicted octanol–water partition coefficient (Wildman–Crippen LogP) is 4.32. The Kier molecular flexibility index (Phi) is 9.11. The largest absolute Gasteiger partial charge is 0.813 e. The van der Waals surface area contributed by atoms with Crippen molar-refractivity contribution in [3.8, 4) is 0 Å². The molecule has 192 valence electrons. The fourth-order valence-corrected chi connectivity index (χ4v) is 4.62. The Morgan fingerprint density at radius 2 is 1.11 bits per heavy atom. The Bertz CT molecular complexity index is 1500. The van der Waals surface area contributed by atoms with Crippen LogP contribution in [0.25, 0.3) is 21.5 Å². The zero-order chi connectivity index (χ0) is 24.8. The second-order valence-corrected chi connectivity index (χ2v) is 10.4. The van der Waals surface area contributed by atoms with Crippen molar-refractivity contribution < 1.29 is 9.31 Å². The van der Waals surface area contributed by atoms with Crippen molar-refractivity contribution in [3.05, 3.63) is 93.5 Å². The first-order valence-electron chi connectivity index (χ1n) is 11.1. The molecular formula is C27H32BBrN2O4S-2. The van der Waals surface area contributed by atoms with Gasteiger partial charge in [-0.3, -0.25) is 9.59 Å². The number of rotatable bonds is 1. The fraction of sp³-hybridized carbons (Fsp3) is 0.296. The Labute approximate surface area is 228 Å². The van der Waals surface area contributed by atoms with E-state index in [1.807, 2.05) is 82.4 Å². The van der Waals surface area contributed by atoms with Crippen LogP contribution in [0.1, 0.15) is 27.7 Å². The van der Waals surface area contributed by atoms with E-state index < -0.39 is 18.3 Å². The monoisotopic (exact) mass is 570 g/mol. The third kappa shape index (κ3) is 5.34. The third-order valence-corrected chi connectivity index (χ3v) is 7.30. The van der Waals surface area contributed by atoms with Gasteiger partial charge in [0.25, 0.3) is 11.1 Å². The highest BCUT2D eigenvalue weighted by Crippen LogP contribution is 2.36. The maximum absolute atomic E-state index is 12.2. The number of fused-ring (bicyclic) bond motifs is 2. The lowest BCUT2D eigenvalue weighted by Gasteiger charge is -2.32. The Morgan fingerprint density at radius 3 is 1.61 bits per heavy atom. The molecule has 9 heteroatoms. The van der Waals surface area contributed by atoms with Gasteiger partial charge in [0.15, 0.2) is 0 Å². The number of benzene rings is 2. The first-order chi connectivity index (χ1) is 15.9. The second kappa shape index (κ2) is 11.0. The van der Waals surface area contributed by atoms with E-state index in [4.69, 9.17) is 9.31 Å². The quantitative estimate of drug-likeness (QED) is 0.148. The summed E-state index contributed by atoms with van der Waals surface area (Å²) in [6.07, 6.45) is 3.59. The Balaban J connectivity index is 0.000000264. The molecule has 0 bridgehead atoms. The van der Waals surface area contributed by atoms with E-state index >= 15 is 0 Å². The molecule has 0 saturated carbocycles. The van der Waals surface area contributed by atoms with Gasteiger partial charge in [0.2, 0.25) is 0 Å². The molecule has 1 saturated heterocycles. The number of hydrogen-bond acceptors (Lipinski definition) is 5. The highest BCUT2D eigenvalue weighted by Gasteiger charge is 2.52. The molecule has 2 aromatic carbocycles. The molecule has 0 N–H and O–H groups in total. The molecule has 2 aromatic heterocycles. The smallest absolute Gasteiger partial charge is 0.496 e. The standard InChI is InChI=1S/C16H20BNO3.C10H8BrNO.CH3.H2S/c1-15(2)16(3,4)21-17(20-15)13-10-18(5)14(19)12-9-7-6-8-11(12)13;1-12-6-9(11)7-4-2-3-5-8(7)10(12)13;;/h6-10H,1-5H3;2-6H,1H3;1H3;1H2/q;;-1;/p-1. The van der Waals surface area contributed by atoms with Crippen molar-refractivity contribution in [2.45, 2.75) is 38.9 Å². The first kappa shape index (κ1) is 29.9. The van der Waals surface area contributed by atoms with Gasteiger partial charge in [-0.15, -0.1) is 0 Å². The van der Waals surface area contributed by atoms with Gasteiger partial charge in [-0.2, -0.15) is 0 Å². The van der Waals surface area contributed by atoms with E-state index in [-0.39, 0.29) is 32.0 Å². The molecule has 0 spiro atoms. The molecule has 36 heavy (non-hydrogen) atoms. The Morgan fingerprint density at radius 1 is 0.722 bits per heavy atom. The maximum atomic E-state index is 12.2. The summed E-state index contributed by atoms with van der Waals surface area (Å²) in [5, 5.41) is 3.29. The molecule has 4 aromatic rings. The lowest BCUT2D eigenvalue weighted by Crippen LogP contribution is -2.41. The van der Waals surface area contributed by atoms with Crippen LogP contribution in [0.15, 0.2) is 75.0 Å². The van der Waals surface area contributed by atoms with Gasteiger partial charge < -0.3 is 39.4 Å². The predicted molar refractivity (Wildman–Crippen MR) is 157 cm³/mol. The summed E-state index contributed by atoms with van der Waals surface area (Å²) in [6.45, 7) is 8.10. The van der Waals surface area contributed by atoms with Gasteiger partial charge >= 0.3 is 7.12 Å². The van der Waals surface area contributed by atoms with Gasteiger partial charge in [0.05, 0.1) is 11.2 Å². The normalized spacial score (nSPS) is 15.6. The van der Waals surface area contributed by atoms with Crippen molar-refractivity contribution in [3.63, 3.8) is 0 Å². The highest BCUT2D eigenvalue weighted by molar-refractivity contribution is 9.10. The average Bonchev–Trinajstić information content (AvgIpc) is 3.02. The molecule has 0 radical (unpaired) electrons. The second-order valence-electron chi connectivity index (χ2n) is 9.57. The van der Waals surface area contributed by atoms with Gasteiger partial charge in [0.1, 0.15) is 0 Å². The molecule has 1 aliphatic heterocycles. The molecule has 6 nitrogen and oxygen atoms in total. The molecule has 5 rings (SSSR count).